The quantitative estimate of drug-likeness (QED) is 0.830. The molecule has 1 atom stereocenters. The summed E-state index contributed by atoms with van der Waals surface area (Å²) in [5, 5.41) is 14.2. The fourth-order valence-corrected chi connectivity index (χ4v) is 1.69. The normalized spacial score (nSPS) is 13.0. The first kappa shape index (κ1) is 9.98. The van der Waals surface area contributed by atoms with E-state index in [0.717, 1.165) is 23.4 Å². The van der Waals surface area contributed by atoms with E-state index in [1.807, 2.05) is 14.0 Å². The topological polar surface area (TPSA) is 51.2 Å². The van der Waals surface area contributed by atoms with Gasteiger partial charge in [-0.2, -0.15) is 5.10 Å². The number of aliphatic hydroxyl groups excluding tert-OH is 1. The van der Waals surface area contributed by atoms with Crippen molar-refractivity contribution in [2.24, 2.45) is 7.05 Å². The van der Waals surface area contributed by atoms with Crippen LogP contribution in [0.2, 0.25) is 0 Å². The Hall–Kier alpha value is -1.55. The van der Waals surface area contributed by atoms with Crippen molar-refractivity contribution in [2.45, 2.75) is 19.4 Å². The van der Waals surface area contributed by atoms with E-state index in [1.165, 1.54) is 0 Å². The maximum Gasteiger partial charge on any atom is 0.124 e. The van der Waals surface area contributed by atoms with Crippen molar-refractivity contribution in [3.8, 4) is 0 Å². The molecule has 0 amide bonds. The largest absolute Gasteiger partial charge is 0.469 e. The lowest BCUT2D eigenvalue weighted by atomic mass is 10.1. The number of nitrogens with zero attached hydrogens (tertiary/aromatic N) is 2. The maximum atomic E-state index is 10.1. The highest BCUT2D eigenvalue weighted by Gasteiger charge is 2.18. The van der Waals surface area contributed by atoms with E-state index in [9.17, 15) is 5.11 Å². The highest BCUT2D eigenvalue weighted by atomic mass is 16.3. The standard InChI is InChI=1S/C11H14N2O2/c1-3-10-8(5-7-15-10)11(14)9-4-6-12-13(9)2/h4-7,11,14H,3H2,1-2H3. The van der Waals surface area contributed by atoms with Gasteiger partial charge in [-0.3, -0.25) is 4.68 Å². The molecule has 2 heterocycles. The van der Waals surface area contributed by atoms with E-state index < -0.39 is 6.10 Å². The van der Waals surface area contributed by atoms with Gasteiger partial charge in [0, 0.05) is 25.2 Å². The zero-order valence-corrected chi connectivity index (χ0v) is 8.84. The number of furan rings is 1. The highest BCUT2D eigenvalue weighted by molar-refractivity contribution is 5.27. The van der Waals surface area contributed by atoms with Gasteiger partial charge in [0.2, 0.25) is 0 Å². The summed E-state index contributed by atoms with van der Waals surface area (Å²) in [4.78, 5) is 0. The minimum atomic E-state index is -0.661. The predicted molar refractivity (Wildman–Crippen MR) is 55.4 cm³/mol. The van der Waals surface area contributed by atoms with Gasteiger partial charge in [0.15, 0.2) is 0 Å². The molecule has 2 rings (SSSR count). The van der Waals surface area contributed by atoms with Crippen molar-refractivity contribution in [3.63, 3.8) is 0 Å². The van der Waals surface area contributed by atoms with Gasteiger partial charge in [-0.1, -0.05) is 6.92 Å². The molecule has 0 aliphatic heterocycles. The summed E-state index contributed by atoms with van der Waals surface area (Å²) in [5.41, 5.74) is 1.59. The van der Waals surface area contributed by atoms with E-state index in [-0.39, 0.29) is 0 Å². The second-order valence-corrected chi connectivity index (χ2v) is 3.43. The molecule has 1 unspecified atom stereocenters. The molecule has 0 spiro atoms. The molecule has 0 aliphatic carbocycles. The summed E-state index contributed by atoms with van der Waals surface area (Å²) >= 11 is 0. The van der Waals surface area contributed by atoms with Gasteiger partial charge >= 0.3 is 0 Å². The minimum absolute atomic E-state index is 0.661. The molecule has 0 fully saturated rings. The number of rotatable bonds is 3. The van der Waals surface area contributed by atoms with Crippen molar-refractivity contribution in [3.05, 3.63) is 41.6 Å². The lowest BCUT2D eigenvalue weighted by Gasteiger charge is -2.10. The molecule has 0 saturated carbocycles. The van der Waals surface area contributed by atoms with Crippen LogP contribution in [0.25, 0.3) is 0 Å². The Kier molecular flexibility index (Phi) is 2.60. The van der Waals surface area contributed by atoms with Gasteiger partial charge in [-0.05, 0) is 12.1 Å². The van der Waals surface area contributed by atoms with Crippen LogP contribution in [0.5, 0.6) is 0 Å². The molecular weight excluding hydrogens is 192 g/mol. The first-order valence-electron chi connectivity index (χ1n) is 4.96. The molecule has 80 valence electrons. The van der Waals surface area contributed by atoms with Crippen LogP contribution < -0.4 is 0 Å². The van der Waals surface area contributed by atoms with E-state index in [0.29, 0.717) is 0 Å². The second kappa shape index (κ2) is 3.90. The molecule has 15 heavy (non-hydrogen) atoms. The van der Waals surface area contributed by atoms with Crippen molar-refractivity contribution in [1.29, 1.82) is 0 Å². The van der Waals surface area contributed by atoms with Gasteiger partial charge < -0.3 is 9.52 Å². The summed E-state index contributed by atoms with van der Waals surface area (Å²) in [6, 6.07) is 3.60. The van der Waals surface area contributed by atoms with Gasteiger partial charge in [0.05, 0.1) is 12.0 Å². The van der Waals surface area contributed by atoms with Gasteiger partial charge in [-0.15, -0.1) is 0 Å². The average molecular weight is 206 g/mol. The van der Waals surface area contributed by atoms with Crippen LogP contribution in [0.4, 0.5) is 0 Å². The fraction of sp³-hybridized carbons (Fsp3) is 0.364. The molecule has 0 aromatic carbocycles. The van der Waals surface area contributed by atoms with Gasteiger partial charge in [-0.25, -0.2) is 0 Å². The van der Waals surface area contributed by atoms with Gasteiger partial charge in [0.1, 0.15) is 11.9 Å². The zero-order chi connectivity index (χ0) is 10.8. The van der Waals surface area contributed by atoms with Crippen LogP contribution in [-0.4, -0.2) is 14.9 Å². The first-order valence-corrected chi connectivity index (χ1v) is 4.96. The molecule has 0 aliphatic rings. The molecule has 4 nitrogen and oxygen atoms in total. The monoisotopic (exact) mass is 206 g/mol. The Balaban J connectivity index is 2.36. The number of aryl methyl sites for hydroxylation is 2. The molecule has 0 radical (unpaired) electrons. The Labute approximate surface area is 88.1 Å². The van der Waals surface area contributed by atoms with E-state index in [1.54, 1.807) is 29.3 Å². The molecule has 4 heteroatoms. The summed E-state index contributed by atoms with van der Waals surface area (Å²) in [5.74, 6) is 0.823. The first-order chi connectivity index (χ1) is 7.24. The van der Waals surface area contributed by atoms with Crippen LogP contribution in [0.3, 0.4) is 0 Å². The minimum Gasteiger partial charge on any atom is -0.469 e. The van der Waals surface area contributed by atoms with Crippen LogP contribution >= 0.6 is 0 Å². The zero-order valence-electron chi connectivity index (χ0n) is 8.84. The third kappa shape index (κ3) is 1.68. The van der Waals surface area contributed by atoms with Crippen molar-refractivity contribution < 1.29 is 9.52 Å². The summed E-state index contributed by atoms with van der Waals surface area (Å²) in [6.07, 6.45) is 3.39. The molecule has 2 aromatic heterocycles. The SMILES string of the molecule is CCc1occc1C(O)c1ccnn1C. The van der Waals surface area contributed by atoms with Crippen LogP contribution in [0, 0.1) is 0 Å². The van der Waals surface area contributed by atoms with E-state index in [4.69, 9.17) is 4.42 Å². The van der Waals surface area contributed by atoms with Crippen LogP contribution in [-0.2, 0) is 13.5 Å². The van der Waals surface area contributed by atoms with E-state index in [2.05, 4.69) is 5.10 Å². The number of hydrogen-bond acceptors (Lipinski definition) is 3. The molecule has 1 N–H and O–H groups in total. The van der Waals surface area contributed by atoms with Crippen LogP contribution in [0.1, 0.15) is 30.0 Å². The molecule has 0 bridgehead atoms. The average Bonchev–Trinajstić information content (AvgIpc) is 2.84. The third-order valence-electron chi connectivity index (χ3n) is 2.53. The molecule has 0 saturated heterocycles. The maximum absolute atomic E-state index is 10.1. The van der Waals surface area contributed by atoms with E-state index >= 15 is 0 Å². The third-order valence-corrected chi connectivity index (χ3v) is 2.53. The van der Waals surface area contributed by atoms with Crippen molar-refractivity contribution >= 4 is 0 Å². The Morgan fingerprint density at radius 3 is 2.93 bits per heavy atom. The summed E-state index contributed by atoms with van der Waals surface area (Å²) < 4.78 is 6.95. The molecule has 2 aromatic rings. The predicted octanol–water partition coefficient (Wildman–Crippen LogP) is 1.66. The second-order valence-electron chi connectivity index (χ2n) is 3.43. The Morgan fingerprint density at radius 1 is 1.53 bits per heavy atom. The van der Waals surface area contributed by atoms with Gasteiger partial charge in [0.25, 0.3) is 0 Å². The summed E-state index contributed by atoms with van der Waals surface area (Å²) in [6.45, 7) is 2.00. The lowest BCUT2D eigenvalue weighted by molar-refractivity contribution is 0.207. The fourth-order valence-electron chi connectivity index (χ4n) is 1.69. The number of aliphatic hydroxyl groups is 1. The smallest absolute Gasteiger partial charge is 0.124 e. The van der Waals surface area contributed by atoms with Crippen LogP contribution in [0.15, 0.2) is 29.0 Å². The molecular formula is C11H14N2O2. The summed E-state index contributed by atoms with van der Waals surface area (Å²) in [7, 11) is 1.81. The van der Waals surface area contributed by atoms with Crippen molar-refractivity contribution in [2.75, 3.05) is 0 Å². The van der Waals surface area contributed by atoms with Crippen molar-refractivity contribution in [1.82, 2.24) is 9.78 Å². The lowest BCUT2D eigenvalue weighted by Crippen LogP contribution is -2.07. The number of hydrogen-bond donors (Lipinski definition) is 1. The Bertz CT molecular complexity index is 445. The highest BCUT2D eigenvalue weighted by Crippen LogP contribution is 2.25. The Morgan fingerprint density at radius 2 is 2.33 bits per heavy atom. The number of aromatic nitrogens is 2.